The quantitative estimate of drug-likeness (QED) is 0.518. The Labute approximate surface area is 220 Å². The van der Waals surface area contributed by atoms with Crippen LogP contribution in [-0.2, 0) is 24.7 Å². The van der Waals surface area contributed by atoms with E-state index in [4.69, 9.17) is 4.74 Å². The molecule has 2 amide bonds. The van der Waals surface area contributed by atoms with Crippen molar-refractivity contribution in [1.29, 1.82) is 0 Å². The molecule has 4 rings (SSSR count). The average Bonchev–Trinajstić information content (AvgIpc) is 3.23. The number of rotatable bonds is 5. The first-order valence-electron chi connectivity index (χ1n) is 13.2. The van der Waals surface area contributed by atoms with Crippen molar-refractivity contribution in [2.45, 2.75) is 51.5 Å². The molecule has 0 bridgehead atoms. The predicted molar refractivity (Wildman–Crippen MR) is 145 cm³/mol. The van der Waals surface area contributed by atoms with Crippen molar-refractivity contribution in [2.75, 3.05) is 26.7 Å². The summed E-state index contributed by atoms with van der Waals surface area (Å²) in [4.78, 5) is 30.6. The molecule has 0 saturated carbocycles. The van der Waals surface area contributed by atoms with Crippen molar-refractivity contribution in [1.82, 2.24) is 19.6 Å². The van der Waals surface area contributed by atoms with Gasteiger partial charge in [-0.3, -0.25) is 14.3 Å². The number of carbonyl (C=O) groups excluding carboxylic acids is 2. The number of ether oxygens (including phenoxy) is 1. The molecule has 3 aromatic rings. The largest absolute Gasteiger partial charge is 0.491 e. The molecule has 0 fully saturated rings. The lowest BCUT2D eigenvalue weighted by atomic mass is 10.0. The van der Waals surface area contributed by atoms with Crippen molar-refractivity contribution in [3.05, 3.63) is 83.2 Å². The number of para-hydroxylation sites is 1. The van der Waals surface area contributed by atoms with Crippen LogP contribution in [0.15, 0.2) is 60.8 Å². The molecule has 1 atom stereocenters. The van der Waals surface area contributed by atoms with Crippen LogP contribution in [0.1, 0.15) is 52.9 Å². The second-order valence-electron chi connectivity index (χ2n) is 9.94. The molecule has 1 aliphatic rings. The van der Waals surface area contributed by atoms with E-state index in [1.807, 2.05) is 74.6 Å². The van der Waals surface area contributed by atoms with Crippen LogP contribution in [0, 0.1) is 6.92 Å². The van der Waals surface area contributed by atoms with E-state index >= 15 is 0 Å². The van der Waals surface area contributed by atoms with Gasteiger partial charge in [-0.05, 0) is 62.3 Å². The molecule has 1 aromatic heterocycles. The number of nitrogens with zero attached hydrogens (tertiary/aromatic N) is 4. The fourth-order valence-electron chi connectivity index (χ4n) is 5.01. The van der Waals surface area contributed by atoms with E-state index in [9.17, 15) is 9.59 Å². The van der Waals surface area contributed by atoms with E-state index in [1.54, 1.807) is 9.58 Å². The topological polar surface area (TPSA) is 67.7 Å². The molecule has 7 heteroatoms. The summed E-state index contributed by atoms with van der Waals surface area (Å²) in [5, 5.41) is 4.42. The molecule has 196 valence electrons. The molecule has 0 saturated heterocycles. The van der Waals surface area contributed by atoms with E-state index < -0.39 is 0 Å². The fraction of sp³-hybridized carbons (Fsp3) is 0.433. The van der Waals surface area contributed by atoms with Crippen LogP contribution in [0.2, 0.25) is 0 Å². The van der Waals surface area contributed by atoms with Crippen LogP contribution in [0.3, 0.4) is 0 Å². The Morgan fingerprint density at radius 2 is 1.73 bits per heavy atom. The maximum atomic E-state index is 13.7. The van der Waals surface area contributed by atoms with Gasteiger partial charge in [0, 0.05) is 39.8 Å². The average molecular weight is 503 g/mol. The highest BCUT2D eigenvalue weighted by atomic mass is 16.5. The van der Waals surface area contributed by atoms with Gasteiger partial charge in [0.15, 0.2) is 0 Å². The Kier molecular flexibility index (Phi) is 8.99. The minimum atomic E-state index is -0.147. The van der Waals surface area contributed by atoms with Gasteiger partial charge in [0.05, 0.1) is 17.3 Å². The summed E-state index contributed by atoms with van der Waals surface area (Å²) in [7, 11) is 3.75. The van der Waals surface area contributed by atoms with Crippen molar-refractivity contribution in [3.63, 3.8) is 0 Å². The van der Waals surface area contributed by atoms with Crippen LogP contribution in [0.4, 0.5) is 0 Å². The third-order valence-electron chi connectivity index (χ3n) is 7.09. The number of hydrogen-bond donors (Lipinski definition) is 0. The lowest BCUT2D eigenvalue weighted by Gasteiger charge is -2.32. The third kappa shape index (κ3) is 7.00. The number of benzene rings is 2. The highest BCUT2D eigenvalue weighted by molar-refractivity contribution is 5.96. The summed E-state index contributed by atoms with van der Waals surface area (Å²) in [5.74, 6) is 0.661. The van der Waals surface area contributed by atoms with Gasteiger partial charge in [-0.15, -0.1) is 0 Å². The van der Waals surface area contributed by atoms with Gasteiger partial charge < -0.3 is 14.5 Å². The minimum Gasteiger partial charge on any atom is -0.491 e. The van der Waals surface area contributed by atoms with Crippen molar-refractivity contribution < 1.29 is 14.3 Å². The summed E-state index contributed by atoms with van der Waals surface area (Å²) in [5.41, 5.74) is 3.79. The smallest absolute Gasteiger partial charge is 0.257 e. The first-order valence-corrected chi connectivity index (χ1v) is 13.2. The molecule has 37 heavy (non-hydrogen) atoms. The molecule has 0 spiro atoms. The minimum absolute atomic E-state index is 0.0331. The summed E-state index contributed by atoms with van der Waals surface area (Å²) in [6, 6.07) is 17.5. The van der Waals surface area contributed by atoms with Gasteiger partial charge in [-0.2, -0.15) is 5.10 Å². The van der Waals surface area contributed by atoms with Crippen LogP contribution in [0.25, 0.3) is 0 Å². The van der Waals surface area contributed by atoms with Crippen LogP contribution < -0.4 is 4.74 Å². The van der Waals surface area contributed by atoms with Gasteiger partial charge in [0.25, 0.3) is 5.91 Å². The lowest BCUT2D eigenvalue weighted by Crippen LogP contribution is -2.45. The number of fused-ring (bicyclic) bond motifs is 1. The first kappa shape index (κ1) is 26.5. The van der Waals surface area contributed by atoms with Gasteiger partial charge >= 0.3 is 0 Å². The number of amides is 2. The second-order valence-corrected chi connectivity index (χ2v) is 9.94. The maximum Gasteiger partial charge on any atom is 0.257 e. The Bertz CT molecular complexity index is 1190. The van der Waals surface area contributed by atoms with Gasteiger partial charge in [-0.25, -0.2) is 0 Å². The summed E-state index contributed by atoms with van der Waals surface area (Å²) < 4.78 is 8.12. The van der Waals surface area contributed by atoms with E-state index in [-0.39, 0.29) is 17.9 Å². The van der Waals surface area contributed by atoms with Crippen molar-refractivity contribution in [2.24, 2.45) is 7.05 Å². The summed E-state index contributed by atoms with van der Waals surface area (Å²) in [6.07, 6.45) is 6.50. The lowest BCUT2D eigenvalue weighted by molar-refractivity contribution is -0.134. The Balaban J connectivity index is 1.60. The Hall–Kier alpha value is -3.61. The monoisotopic (exact) mass is 502 g/mol. The van der Waals surface area contributed by atoms with Crippen molar-refractivity contribution in [3.8, 4) is 5.75 Å². The van der Waals surface area contributed by atoms with Gasteiger partial charge in [-0.1, -0.05) is 42.5 Å². The maximum absolute atomic E-state index is 13.7. The highest BCUT2D eigenvalue weighted by Crippen LogP contribution is 2.23. The SMILES string of the molecule is Cc1nn(C)cc1CCC(=O)N1CCCCCN(C)C(=O)c2ccccc2OC[C@@H]1Cc1ccccc1. The zero-order chi connectivity index (χ0) is 26.2. The molecule has 2 heterocycles. The summed E-state index contributed by atoms with van der Waals surface area (Å²) >= 11 is 0. The normalized spacial score (nSPS) is 17.3. The first-order chi connectivity index (χ1) is 17.9. The Morgan fingerprint density at radius 1 is 1.00 bits per heavy atom. The number of carbonyl (C=O) groups is 2. The zero-order valence-corrected chi connectivity index (χ0v) is 22.2. The predicted octanol–water partition coefficient (Wildman–Crippen LogP) is 4.44. The van der Waals surface area contributed by atoms with Crippen LogP contribution >= 0.6 is 0 Å². The van der Waals surface area contributed by atoms with E-state index in [0.29, 0.717) is 50.3 Å². The fourth-order valence-corrected chi connectivity index (χ4v) is 5.01. The molecule has 0 radical (unpaired) electrons. The molecular weight excluding hydrogens is 464 g/mol. The number of hydrogen-bond acceptors (Lipinski definition) is 4. The number of aryl methyl sites for hydroxylation is 3. The molecule has 2 aromatic carbocycles. The third-order valence-corrected chi connectivity index (χ3v) is 7.09. The van der Waals surface area contributed by atoms with Gasteiger partial charge in [0.1, 0.15) is 12.4 Å². The molecule has 0 unspecified atom stereocenters. The molecule has 7 nitrogen and oxygen atoms in total. The number of aromatic nitrogens is 2. The van der Waals surface area contributed by atoms with E-state index in [2.05, 4.69) is 17.2 Å². The van der Waals surface area contributed by atoms with E-state index in [1.165, 1.54) is 0 Å². The molecule has 1 aliphatic heterocycles. The highest BCUT2D eigenvalue weighted by Gasteiger charge is 2.26. The molecule has 0 aliphatic carbocycles. The second kappa shape index (κ2) is 12.6. The standard InChI is InChI=1S/C30H38N4O3/c1-23-25(21-33(3)31-23)16-17-29(35)34-19-11-5-10-18-32(2)30(36)27-14-8-9-15-28(27)37-22-26(34)20-24-12-6-4-7-13-24/h4,6-9,12-15,21,26H,5,10-11,16-20,22H2,1-3H3/t26-/m0/s1. The van der Waals surface area contributed by atoms with Crippen LogP contribution in [-0.4, -0.2) is 64.2 Å². The van der Waals surface area contributed by atoms with Crippen LogP contribution in [0.5, 0.6) is 5.75 Å². The van der Waals surface area contributed by atoms with E-state index in [0.717, 1.165) is 36.1 Å². The summed E-state index contributed by atoms with van der Waals surface area (Å²) in [6.45, 7) is 3.65. The van der Waals surface area contributed by atoms with Crippen molar-refractivity contribution >= 4 is 11.8 Å². The van der Waals surface area contributed by atoms with Gasteiger partial charge in [0.2, 0.25) is 5.91 Å². The molecular formula is C30H38N4O3. The molecule has 0 N–H and O–H groups in total. The Morgan fingerprint density at radius 3 is 2.49 bits per heavy atom. The zero-order valence-electron chi connectivity index (χ0n) is 22.2.